The maximum Gasteiger partial charge on any atom is 0.201 e. The third kappa shape index (κ3) is 3.61. The maximum absolute atomic E-state index is 13.4. The van der Waals surface area contributed by atoms with Crippen LogP contribution in [-0.4, -0.2) is 26.2 Å². The van der Waals surface area contributed by atoms with Crippen molar-refractivity contribution < 1.29 is 25.2 Å². The van der Waals surface area contributed by atoms with Crippen molar-refractivity contribution >= 4 is 5.78 Å². The van der Waals surface area contributed by atoms with Gasteiger partial charge < -0.3 is 20.4 Å². The van der Waals surface area contributed by atoms with E-state index in [0.717, 1.165) is 28.3 Å². The Balaban J connectivity index is 2.35. The average molecular weight is 408 g/mol. The molecule has 2 aromatic carbocycles. The van der Waals surface area contributed by atoms with Crippen LogP contribution in [0.5, 0.6) is 17.2 Å². The summed E-state index contributed by atoms with van der Waals surface area (Å²) in [5.74, 6) is -1.38. The Morgan fingerprint density at radius 3 is 1.83 bits per heavy atom. The number of hydrogen-bond donors (Lipinski definition) is 4. The molecular formula is C25H28O5. The summed E-state index contributed by atoms with van der Waals surface area (Å²) in [6.45, 7) is 9.59. The van der Waals surface area contributed by atoms with Gasteiger partial charge in [0.25, 0.3) is 0 Å². The monoisotopic (exact) mass is 408 g/mol. The van der Waals surface area contributed by atoms with Gasteiger partial charge in [-0.15, -0.1) is 0 Å². The van der Waals surface area contributed by atoms with Crippen LogP contribution in [0.1, 0.15) is 77.5 Å². The van der Waals surface area contributed by atoms with Gasteiger partial charge in [-0.3, -0.25) is 4.79 Å². The van der Waals surface area contributed by atoms with E-state index in [1.807, 2.05) is 46.8 Å². The molecule has 0 aliphatic heterocycles. The Morgan fingerprint density at radius 1 is 0.833 bits per heavy atom. The fourth-order valence-corrected chi connectivity index (χ4v) is 4.03. The maximum atomic E-state index is 13.4. The molecule has 30 heavy (non-hydrogen) atoms. The van der Waals surface area contributed by atoms with Crippen LogP contribution in [0.25, 0.3) is 0 Å². The summed E-state index contributed by atoms with van der Waals surface area (Å²) < 4.78 is 0. The molecule has 5 heteroatoms. The van der Waals surface area contributed by atoms with Crippen molar-refractivity contribution in [3.05, 3.63) is 74.4 Å². The summed E-state index contributed by atoms with van der Waals surface area (Å²) in [5, 5.41) is 42.9. The zero-order valence-electron chi connectivity index (χ0n) is 18.0. The number of aryl methyl sites for hydroxylation is 1. The first-order valence-electron chi connectivity index (χ1n) is 9.97. The number of fused-ring (bicyclic) bond motifs is 2. The van der Waals surface area contributed by atoms with Gasteiger partial charge in [-0.05, 0) is 64.7 Å². The minimum absolute atomic E-state index is 0.00640. The molecule has 0 saturated heterocycles. The normalized spacial score (nSPS) is 14.7. The van der Waals surface area contributed by atoms with E-state index < -0.39 is 17.6 Å². The van der Waals surface area contributed by atoms with E-state index in [2.05, 4.69) is 0 Å². The predicted octanol–water partition coefficient (Wildman–Crippen LogP) is 4.76. The molecule has 0 fully saturated rings. The van der Waals surface area contributed by atoms with Crippen molar-refractivity contribution in [2.24, 2.45) is 0 Å². The van der Waals surface area contributed by atoms with Crippen LogP contribution >= 0.6 is 0 Å². The van der Waals surface area contributed by atoms with Gasteiger partial charge >= 0.3 is 0 Å². The molecule has 0 spiro atoms. The quantitative estimate of drug-likeness (QED) is 0.547. The van der Waals surface area contributed by atoms with Crippen molar-refractivity contribution in [3.63, 3.8) is 0 Å². The number of carbonyl (C=O) groups excluding carboxylic acids is 1. The molecule has 0 unspecified atom stereocenters. The Labute approximate surface area is 176 Å². The van der Waals surface area contributed by atoms with Crippen LogP contribution in [0.3, 0.4) is 0 Å². The van der Waals surface area contributed by atoms with Crippen LogP contribution in [0.4, 0.5) is 0 Å². The SMILES string of the molecule is CC(C)=CCc1c(C)cc(O)c2c1[C@@H](O)c1c(CC=C(C)C)c(O)cc(O)c1C2=O. The van der Waals surface area contributed by atoms with E-state index >= 15 is 0 Å². The highest BCUT2D eigenvalue weighted by atomic mass is 16.3. The number of rotatable bonds is 4. The summed E-state index contributed by atoms with van der Waals surface area (Å²) in [6.07, 6.45) is 3.41. The topological polar surface area (TPSA) is 98.0 Å². The van der Waals surface area contributed by atoms with Gasteiger partial charge in [0.2, 0.25) is 5.78 Å². The van der Waals surface area contributed by atoms with Crippen molar-refractivity contribution in [2.75, 3.05) is 0 Å². The second-order valence-corrected chi connectivity index (χ2v) is 8.36. The molecular weight excluding hydrogens is 380 g/mol. The molecule has 0 heterocycles. The van der Waals surface area contributed by atoms with E-state index in [1.165, 1.54) is 6.07 Å². The lowest BCUT2D eigenvalue weighted by Gasteiger charge is -2.30. The van der Waals surface area contributed by atoms with Gasteiger partial charge in [0, 0.05) is 22.8 Å². The molecule has 3 rings (SSSR count). The summed E-state index contributed by atoms with van der Waals surface area (Å²) in [4.78, 5) is 13.4. The van der Waals surface area contributed by atoms with Gasteiger partial charge in [0.15, 0.2) is 0 Å². The van der Waals surface area contributed by atoms with Crippen LogP contribution in [0.2, 0.25) is 0 Å². The number of phenols is 3. The second kappa shape index (κ2) is 8.00. The predicted molar refractivity (Wildman–Crippen MR) is 116 cm³/mol. The third-order valence-electron chi connectivity index (χ3n) is 5.54. The van der Waals surface area contributed by atoms with Gasteiger partial charge in [-0.2, -0.15) is 0 Å². The van der Waals surface area contributed by atoms with Crippen molar-refractivity contribution in [1.82, 2.24) is 0 Å². The highest BCUT2D eigenvalue weighted by Gasteiger charge is 2.39. The lowest BCUT2D eigenvalue weighted by Crippen LogP contribution is -2.24. The molecule has 0 amide bonds. The van der Waals surface area contributed by atoms with Crippen LogP contribution in [0, 0.1) is 6.92 Å². The molecule has 1 aliphatic rings. The fraction of sp³-hybridized carbons (Fsp3) is 0.320. The first-order chi connectivity index (χ1) is 14.0. The van der Waals surface area contributed by atoms with E-state index in [1.54, 1.807) is 0 Å². The zero-order chi connectivity index (χ0) is 22.3. The number of benzene rings is 2. The van der Waals surface area contributed by atoms with Gasteiger partial charge in [-0.25, -0.2) is 0 Å². The number of aliphatic hydroxyl groups excluding tert-OH is 1. The number of hydrogen-bond acceptors (Lipinski definition) is 5. The minimum Gasteiger partial charge on any atom is -0.508 e. The molecule has 1 aliphatic carbocycles. The van der Waals surface area contributed by atoms with Crippen molar-refractivity contribution in [1.29, 1.82) is 0 Å². The molecule has 5 nitrogen and oxygen atoms in total. The standard InChI is InChI=1S/C25H28O5/c1-12(2)6-8-15-14(5)10-18(27)22-20(15)24(29)21-16(9-7-13(3)4)17(26)11-19(28)23(21)25(22)30/h6-7,10-11,24,26-29H,8-9H2,1-5H3/t24-/m1/s1. The highest BCUT2D eigenvalue weighted by Crippen LogP contribution is 2.48. The van der Waals surface area contributed by atoms with Gasteiger partial charge in [0.05, 0.1) is 11.1 Å². The van der Waals surface area contributed by atoms with E-state index in [4.69, 9.17) is 0 Å². The van der Waals surface area contributed by atoms with Gasteiger partial charge in [-0.1, -0.05) is 23.3 Å². The fourth-order valence-electron chi connectivity index (χ4n) is 4.03. The second-order valence-electron chi connectivity index (χ2n) is 8.36. The molecule has 0 bridgehead atoms. The smallest absolute Gasteiger partial charge is 0.201 e. The molecule has 0 radical (unpaired) electrons. The number of phenolic OH excluding ortho intramolecular Hbond substituents is 3. The van der Waals surface area contributed by atoms with Gasteiger partial charge in [0.1, 0.15) is 23.4 Å². The number of carbonyl (C=O) groups is 1. The molecule has 158 valence electrons. The highest BCUT2D eigenvalue weighted by molar-refractivity contribution is 6.16. The molecule has 2 aromatic rings. The van der Waals surface area contributed by atoms with Crippen molar-refractivity contribution in [3.8, 4) is 17.2 Å². The number of aromatic hydroxyl groups is 3. The Hall–Kier alpha value is -3.05. The summed E-state index contributed by atoms with van der Waals surface area (Å²) >= 11 is 0. The van der Waals surface area contributed by atoms with Crippen LogP contribution < -0.4 is 0 Å². The van der Waals surface area contributed by atoms with E-state index in [9.17, 15) is 25.2 Å². The Bertz CT molecular complexity index is 1010. The first-order valence-corrected chi connectivity index (χ1v) is 9.97. The zero-order valence-corrected chi connectivity index (χ0v) is 18.0. The molecule has 0 aromatic heterocycles. The summed E-state index contributed by atoms with van der Waals surface area (Å²) in [6, 6.07) is 2.64. The van der Waals surface area contributed by atoms with Crippen LogP contribution in [-0.2, 0) is 12.8 Å². The Morgan fingerprint density at radius 2 is 1.30 bits per heavy atom. The molecule has 0 saturated carbocycles. The largest absolute Gasteiger partial charge is 0.508 e. The number of aliphatic hydroxyl groups is 1. The third-order valence-corrected chi connectivity index (χ3v) is 5.54. The average Bonchev–Trinajstić information content (AvgIpc) is 2.63. The lowest BCUT2D eigenvalue weighted by molar-refractivity contribution is 0.101. The van der Waals surface area contributed by atoms with E-state index in [-0.39, 0.29) is 28.2 Å². The summed E-state index contributed by atoms with van der Waals surface area (Å²) in [7, 11) is 0. The molecule has 4 N–H and O–H groups in total. The van der Waals surface area contributed by atoms with Crippen LogP contribution in [0.15, 0.2) is 35.4 Å². The lowest BCUT2D eigenvalue weighted by atomic mass is 9.75. The van der Waals surface area contributed by atoms with Crippen molar-refractivity contribution in [2.45, 2.75) is 53.6 Å². The van der Waals surface area contributed by atoms with E-state index in [0.29, 0.717) is 24.0 Å². The number of ketones is 1. The molecule has 1 atom stereocenters. The Kier molecular flexibility index (Phi) is 5.77. The summed E-state index contributed by atoms with van der Waals surface area (Å²) in [5.41, 5.74) is 4.49. The minimum atomic E-state index is -1.27. The first kappa shape index (κ1) is 21.7. The number of allylic oxidation sites excluding steroid dienone is 4.